The Balaban J connectivity index is 1.61. The van der Waals surface area contributed by atoms with E-state index < -0.39 is 16.1 Å². The molecule has 0 saturated carbocycles. The Morgan fingerprint density at radius 1 is 1.00 bits per heavy atom. The Hall–Kier alpha value is -3.20. The molecule has 1 atom stereocenters. The van der Waals surface area contributed by atoms with Crippen molar-refractivity contribution < 1.29 is 18.0 Å². The number of amidine groups is 1. The number of sulfonamides is 1. The normalized spacial score (nSPS) is 16.6. The van der Waals surface area contributed by atoms with E-state index in [1.165, 1.54) is 6.07 Å². The first-order chi connectivity index (χ1) is 14.2. The molecular formula is C21H24N4O4S. The number of carbonyl (C=O) groups is 2. The molecule has 0 bridgehead atoms. The lowest BCUT2D eigenvalue weighted by molar-refractivity contribution is -0.122. The number of benzene rings is 2. The van der Waals surface area contributed by atoms with Crippen LogP contribution in [-0.2, 0) is 26.2 Å². The molecule has 1 heterocycles. The van der Waals surface area contributed by atoms with Gasteiger partial charge in [-0.1, -0.05) is 38.1 Å². The first-order valence-corrected chi connectivity index (χ1v) is 11.0. The fraction of sp³-hybridized carbons (Fsp3) is 0.286. The van der Waals surface area contributed by atoms with Crippen LogP contribution in [0.2, 0.25) is 0 Å². The van der Waals surface area contributed by atoms with Crippen molar-refractivity contribution in [2.45, 2.75) is 38.3 Å². The molecule has 0 saturated heterocycles. The molecule has 3 rings (SSSR count). The highest BCUT2D eigenvalue weighted by Gasteiger charge is 2.31. The van der Waals surface area contributed by atoms with Crippen LogP contribution < -0.4 is 15.4 Å². The van der Waals surface area contributed by atoms with Crippen molar-refractivity contribution in [3.8, 4) is 0 Å². The average molecular weight is 429 g/mol. The lowest BCUT2D eigenvalue weighted by Crippen LogP contribution is -2.33. The minimum absolute atomic E-state index is 0.0619. The highest BCUT2D eigenvalue weighted by atomic mass is 32.2. The summed E-state index contributed by atoms with van der Waals surface area (Å²) >= 11 is 0. The molecule has 3 N–H and O–H groups in total. The van der Waals surface area contributed by atoms with E-state index >= 15 is 0 Å². The van der Waals surface area contributed by atoms with Gasteiger partial charge in [-0.3, -0.25) is 19.3 Å². The standard InChI is InChI=1S/C21H24N4O4S/c1-13(2)20(26)24-16-10-8-15(9-11-16)12-22-21(27)14(3)23-19-17-6-4-5-7-18(17)30(28,29)25-19/h4-11,13-14H,12H2,1-3H3,(H,22,27)(H,23,25)(H,24,26)/t14-/m0/s1. The second-order valence-electron chi connectivity index (χ2n) is 7.31. The van der Waals surface area contributed by atoms with Crippen molar-refractivity contribution in [3.63, 3.8) is 0 Å². The molecule has 0 unspecified atom stereocenters. The minimum atomic E-state index is -3.64. The fourth-order valence-electron chi connectivity index (χ4n) is 2.81. The van der Waals surface area contributed by atoms with Gasteiger partial charge >= 0.3 is 0 Å². The second kappa shape index (κ2) is 8.66. The molecule has 2 aromatic carbocycles. The van der Waals surface area contributed by atoms with Crippen molar-refractivity contribution in [2.75, 3.05) is 5.32 Å². The molecule has 8 nitrogen and oxygen atoms in total. The number of aliphatic imine (C=N–C) groups is 1. The number of anilines is 1. The summed E-state index contributed by atoms with van der Waals surface area (Å²) in [7, 11) is -3.64. The van der Waals surface area contributed by atoms with E-state index in [4.69, 9.17) is 0 Å². The van der Waals surface area contributed by atoms with Crippen molar-refractivity contribution in [2.24, 2.45) is 10.9 Å². The van der Waals surface area contributed by atoms with Gasteiger partial charge < -0.3 is 10.6 Å². The van der Waals surface area contributed by atoms with Crippen LogP contribution in [0.5, 0.6) is 0 Å². The van der Waals surface area contributed by atoms with Crippen LogP contribution in [0.15, 0.2) is 58.4 Å². The second-order valence-corrected chi connectivity index (χ2v) is 8.96. The van der Waals surface area contributed by atoms with E-state index in [1.54, 1.807) is 37.3 Å². The summed E-state index contributed by atoms with van der Waals surface area (Å²) in [5, 5.41) is 5.59. The SMILES string of the molecule is CC(C)C(=O)Nc1ccc(CNC(=O)[C@H](C)N=C2NS(=O)(=O)c3ccccc32)cc1. The summed E-state index contributed by atoms with van der Waals surface area (Å²) in [4.78, 5) is 28.5. The van der Waals surface area contributed by atoms with Crippen molar-refractivity contribution in [1.29, 1.82) is 0 Å². The van der Waals surface area contributed by atoms with Crippen LogP contribution in [0.4, 0.5) is 5.69 Å². The molecule has 158 valence electrons. The van der Waals surface area contributed by atoms with Gasteiger partial charge in [-0.15, -0.1) is 0 Å². The van der Waals surface area contributed by atoms with Crippen LogP contribution in [0.3, 0.4) is 0 Å². The van der Waals surface area contributed by atoms with Gasteiger partial charge in [0.15, 0.2) is 0 Å². The maximum absolute atomic E-state index is 12.4. The maximum atomic E-state index is 12.4. The predicted molar refractivity (Wildman–Crippen MR) is 115 cm³/mol. The Kier molecular flexibility index (Phi) is 6.21. The average Bonchev–Trinajstić information content (AvgIpc) is 2.97. The number of rotatable bonds is 6. The molecule has 30 heavy (non-hydrogen) atoms. The molecule has 9 heteroatoms. The molecule has 2 aromatic rings. The maximum Gasteiger partial charge on any atom is 0.263 e. The van der Waals surface area contributed by atoms with Gasteiger partial charge in [0, 0.05) is 23.7 Å². The van der Waals surface area contributed by atoms with Crippen LogP contribution in [0, 0.1) is 5.92 Å². The number of nitrogens with zero attached hydrogens (tertiary/aromatic N) is 1. The van der Waals surface area contributed by atoms with Gasteiger partial charge in [0.1, 0.15) is 11.9 Å². The summed E-state index contributed by atoms with van der Waals surface area (Å²) in [6, 6.07) is 12.9. The van der Waals surface area contributed by atoms with E-state index in [9.17, 15) is 18.0 Å². The van der Waals surface area contributed by atoms with Crippen molar-refractivity contribution in [1.82, 2.24) is 10.0 Å². The molecule has 0 radical (unpaired) electrons. The molecule has 0 spiro atoms. The van der Waals surface area contributed by atoms with Gasteiger partial charge in [0.25, 0.3) is 10.0 Å². The summed E-state index contributed by atoms with van der Waals surface area (Å²) in [6.07, 6.45) is 0. The predicted octanol–water partition coefficient (Wildman–Crippen LogP) is 2.02. The van der Waals surface area contributed by atoms with Gasteiger partial charge in [-0.05, 0) is 36.8 Å². The third-order valence-electron chi connectivity index (χ3n) is 4.58. The Bertz CT molecular complexity index is 1090. The Labute approximate surface area is 175 Å². The molecule has 0 aliphatic carbocycles. The zero-order chi connectivity index (χ0) is 21.9. The van der Waals surface area contributed by atoms with Gasteiger partial charge in [-0.25, -0.2) is 8.42 Å². The summed E-state index contributed by atoms with van der Waals surface area (Å²) < 4.78 is 26.7. The molecule has 1 aliphatic rings. The van der Waals surface area contributed by atoms with E-state index in [0.717, 1.165) is 5.56 Å². The number of hydrogen-bond donors (Lipinski definition) is 3. The van der Waals surface area contributed by atoms with Gasteiger partial charge in [0.05, 0.1) is 4.90 Å². The molecule has 2 amide bonds. The summed E-state index contributed by atoms with van der Waals surface area (Å²) in [5.74, 6) is -0.335. The van der Waals surface area contributed by atoms with E-state index in [2.05, 4.69) is 20.3 Å². The smallest absolute Gasteiger partial charge is 0.263 e. The summed E-state index contributed by atoms with van der Waals surface area (Å²) in [5.41, 5.74) is 2.00. The third-order valence-corrected chi connectivity index (χ3v) is 5.97. The number of fused-ring (bicyclic) bond motifs is 1. The van der Waals surface area contributed by atoms with E-state index in [-0.39, 0.29) is 35.0 Å². The minimum Gasteiger partial charge on any atom is -0.350 e. The number of amides is 2. The van der Waals surface area contributed by atoms with Crippen molar-refractivity contribution in [3.05, 3.63) is 59.7 Å². The first-order valence-electron chi connectivity index (χ1n) is 9.55. The van der Waals surface area contributed by atoms with Crippen LogP contribution in [0.25, 0.3) is 0 Å². The largest absolute Gasteiger partial charge is 0.350 e. The number of hydrogen-bond acceptors (Lipinski definition) is 5. The lowest BCUT2D eigenvalue weighted by atomic mass is 10.1. The Morgan fingerprint density at radius 3 is 2.33 bits per heavy atom. The lowest BCUT2D eigenvalue weighted by Gasteiger charge is -2.11. The summed E-state index contributed by atoms with van der Waals surface area (Å²) in [6.45, 7) is 5.52. The van der Waals surface area contributed by atoms with Crippen molar-refractivity contribution >= 4 is 33.4 Å². The number of carbonyl (C=O) groups excluding carboxylic acids is 2. The quantitative estimate of drug-likeness (QED) is 0.653. The molecular weight excluding hydrogens is 404 g/mol. The monoisotopic (exact) mass is 428 g/mol. The van der Waals surface area contributed by atoms with Gasteiger partial charge in [-0.2, -0.15) is 0 Å². The topological polar surface area (TPSA) is 117 Å². The highest BCUT2D eigenvalue weighted by Crippen LogP contribution is 2.22. The molecule has 1 aliphatic heterocycles. The fourth-order valence-corrected chi connectivity index (χ4v) is 4.05. The first kappa shape index (κ1) is 21.5. The zero-order valence-electron chi connectivity index (χ0n) is 17.0. The van der Waals surface area contributed by atoms with Crippen LogP contribution in [-0.4, -0.2) is 32.1 Å². The van der Waals surface area contributed by atoms with Crippen LogP contribution >= 0.6 is 0 Å². The van der Waals surface area contributed by atoms with E-state index in [0.29, 0.717) is 11.3 Å². The molecule has 0 fully saturated rings. The highest BCUT2D eigenvalue weighted by molar-refractivity contribution is 7.90. The van der Waals surface area contributed by atoms with E-state index in [1.807, 2.05) is 26.0 Å². The van der Waals surface area contributed by atoms with Crippen LogP contribution in [0.1, 0.15) is 31.9 Å². The zero-order valence-corrected chi connectivity index (χ0v) is 17.8. The Morgan fingerprint density at radius 2 is 1.67 bits per heavy atom. The van der Waals surface area contributed by atoms with Gasteiger partial charge in [0.2, 0.25) is 11.8 Å². The molecule has 0 aromatic heterocycles. The third kappa shape index (κ3) is 4.85. The number of nitrogens with one attached hydrogen (secondary N) is 3.